The van der Waals surface area contributed by atoms with Gasteiger partial charge in [-0.15, -0.1) is 0 Å². The number of furan rings is 1. The number of carbonyl (C=O) groups excluding carboxylic acids is 1. The molecule has 0 aliphatic carbocycles. The van der Waals surface area contributed by atoms with Crippen LogP contribution in [0.1, 0.15) is 10.6 Å². The third kappa shape index (κ3) is 3.99. The van der Waals surface area contributed by atoms with Crippen molar-refractivity contribution in [2.45, 2.75) is 0 Å². The number of hydrogen-bond donors (Lipinski definition) is 1. The van der Waals surface area contributed by atoms with E-state index in [1.165, 1.54) is 18.2 Å². The van der Waals surface area contributed by atoms with Gasteiger partial charge in [-0.3, -0.25) is 14.9 Å². The summed E-state index contributed by atoms with van der Waals surface area (Å²) in [5.41, 5.74) is 0.864. The van der Waals surface area contributed by atoms with Gasteiger partial charge in [0.2, 0.25) is 0 Å². The van der Waals surface area contributed by atoms with E-state index in [1.54, 1.807) is 36.4 Å². The molecule has 6 nitrogen and oxygen atoms in total. The summed E-state index contributed by atoms with van der Waals surface area (Å²) in [6.07, 6.45) is 0. The lowest BCUT2D eigenvalue weighted by Crippen LogP contribution is -2.10. The maximum Gasteiger partial charge on any atom is 0.291 e. The molecule has 0 saturated carbocycles. The van der Waals surface area contributed by atoms with E-state index in [0.29, 0.717) is 27.1 Å². The fourth-order valence-electron chi connectivity index (χ4n) is 2.21. The number of nitrogens with zero attached hydrogens (tertiary/aromatic N) is 1. The van der Waals surface area contributed by atoms with Crippen molar-refractivity contribution in [1.29, 1.82) is 0 Å². The second-order valence-corrected chi connectivity index (χ2v) is 5.96. The average molecular weight is 377 g/mol. The standard InChI is InChI=1S/C17H10Cl2N2O4/c18-11-7-12(19)9-13(8-11)20-17(22)16-5-4-15(25-16)10-2-1-3-14(6-10)21(23)24/h1-9H,(H,20,22). The minimum atomic E-state index is -0.497. The summed E-state index contributed by atoms with van der Waals surface area (Å²) in [5.74, 6) is -0.0920. The molecule has 0 aliphatic heterocycles. The SMILES string of the molecule is O=C(Nc1cc(Cl)cc(Cl)c1)c1ccc(-c2cccc([N+](=O)[O-])c2)o1. The van der Waals surface area contributed by atoms with E-state index >= 15 is 0 Å². The molecule has 0 atom stereocenters. The summed E-state index contributed by atoms with van der Waals surface area (Å²) in [7, 11) is 0. The van der Waals surface area contributed by atoms with Crippen LogP contribution in [0.15, 0.2) is 59.0 Å². The molecule has 0 unspecified atom stereocenters. The van der Waals surface area contributed by atoms with Gasteiger partial charge in [0.05, 0.1) is 4.92 Å². The summed E-state index contributed by atoms with van der Waals surface area (Å²) in [6, 6.07) is 13.7. The zero-order chi connectivity index (χ0) is 18.0. The number of anilines is 1. The maximum atomic E-state index is 12.3. The minimum absolute atomic E-state index is 0.0533. The highest BCUT2D eigenvalue weighted by Gasteiger charge is 2.15. The molecule has 0 fully saturated rings. The Bertz CT molecular complexity index is 949. The summed E-state index contributed by atoms with van der Waals surface area (Å²) in [5, 5.41) is 14.2. The van der Waals surface area contributed by atoms with Gasteiger partial charge in [-0.25, -0.2) is 0 Å². The predicted molar refractivity (Wildman–Crippen MR) is 95.2 cm³/mol. The Balaban J connectivity index is 1.82. The Morgan fingerprint density at radius 2 is 1.76 bits per heavy atom. The molecule has 25 heavy (non-hydrogen) atoms. The molecular weight excluding hydrogens is 367 g/mol. The van der Waals surface area contributed by atoms with Crippen molar-refractivity contribution in [2.24, 2.45) is 0 Å². The second kappa shape index (κ2) is 6.96. The number of hydrogen-bond acceptors (Lipinski definition) is 4. The van der Waals surface area contributed by atoms with Gasteiger partial charge in [-0.2, -0.15) is 0 Å². The van der Waals surface area contributed by atoms with Crippen LogP contribution in [-0.4, -0.2) is 10.8 Å². The Kier molecular flexibility index (Phi) is 4.74. The lowest BCUT2D eigenvalue weighted by atomic mass is 10.1. The highest BCUT2D eigenvalue weighted by Crippen LogP contribution is 2.27. The smallest absolute Gasteiger partial charge is 0.291 e. The fraction of sp³-hybridized carbons (Fsp3) is 0. The number of rotatable bonds is 4. The highest BCUT2D eigenvalue weighted by atomic mass is 35.5. The van der Waals surface area contributed by atoms with Crippen LogP contribution in [0.25, 0.3) is 11.3 Å². The van der Waals surface area contributed by atoms with Gasteiger partial charge in [0.25, 0.3) is 11.6 Å². The number of non-ortho nitro benzene ring substituents is 1. The van der Waals surface area contributed by atoms with Gasteiger partial charge in [0, 0.05) is 33.4 Å². The van der Waals surface area contributed by atoms with E-state index in [2.05, 4.69) is 5.32 Å². The molecule has 126 valence electrons. The molecule has 3 aromatic rings. The van der Waals surface area contributed by atoms with Crippen molar-refractivity contribution in [3.05, 3.63) is 80.5 Å². The van der Waals surface area contributed by atoms with E-state index in [9.17, 15) is 14.9 Å². The first-order valence-corrected chi connectivity index (χ1v) is 7.80. The molecule has 1 amide bonds. The molecule has 1 heterocycles. The van der Waals surface area contributed by atoms with Gasteiger partial charge < -0.3 is 9.73 Å². The van der Waals surface area contributed by atoms with Crippen LogP contribution in [0.3, 0.4) is 0 Å². The number of benzene rings is 2. The Morgan fingerprint density at radius 3 is 2.44 bits per heavy atom. The lowest BCUT2D eigenvalue weighted by molar-refractivity contribution is -0.384. The van der Waals surface area contributed by atoms with Gasteiger partial charge in [-0.05, 0) is 30.3 Å². The van der Waals surface area contributed by atoms with Crippen molar-refractivity contribution in [2.75, 3.05) is 5.32 Å². The van der Waals surface area contributed by atoms with Crippen LogP contribution in [0.2, 0.25) is 10.0 Å². The monoisotopic (exact) mass is 376 g/mol. The van der Waals surface area contributed by atoms with Crippen molar-refractivity contribution in [1.82, 2.24) is 0 Å². The van der Waals surface area contributed by atoms with Crippen LogP contribution in [0.4, 0.5) is 11.4 Å². The van der Waals surface area contributed by atoms with Crippen LogP contribution in [0.5, 0.6) is 0 Å². The largest absolute Gasteiger partial charge is 0.451 e. The summed E-state index contributed by atoms with van der Waals surface area (Å²) in [6.45, 7) is 0. The van der Waals surface area contributed by atoms with E-state index in [-0.39, 0.29) is 11.4 Å². The molecule has 1 N–H and O–H groups in total. The van der Waals surface area contributed by atoms with E-state index in [0.717, 1.165) is 0 Å². The number of nitrogens with one attached hydrogen (secondary N) is 1. The molecule has 8 heteroatoms. The van der Waals surface area contributed by atoms with Gasteiger partial charge in [-0.1, -0.05) is 35.3 Å². The molecule has 0 saturated heterocycles. The summed E-state index contributed by atoms with van der Waals surface area (Å²) >= 11 is 11.8. The lowest BCUT2D eigenvalue weighted by Gasteiger charge is -2.04. The number of nitro benzene ring substituents is 1. The summed E-state index contributed by atoms with van der Waals surface area (Å²) in [4.78, 5) is 22.6. The Labute approximate surface area is 152 Å². The minimum Gasteiger partial charge on any atom is -0.451 e. The molecule has 0 aliphatic rings. The summed E-state index contributed by atoms with van der Waals surface area (Å²) < 4.78 is 5.50. The van der Waals surface area contributed by atoms with E-state index in [1.807, 2.05) is 0 Å². The zero-order valence-electron chi connectivity index (χ0n) is 12.5. The molecule has 1 aromatic heterocycles. The number of carbonyl (C=O) groups is 1. The van der Waals surface area contributed by atoms with Crippen LogP contribution in [0, 0.1) is 10.1 Å². The normalized spacial score (nSPS) is 10.5. The zero-order valence-corrected chi connectivity index (χ0v) is 14.0. The van der Waals surface area contributed by atoms with Crippen LogP contribution in [-0.2, 0) is 0 Å². The first-order chi connectivity index (χ1) is 11.9. The molecule has 0 bridgehead atoms. The average Bonchev–Trinajstić information content (AvgIpc) is 3.04. The number of halogens is 2. The Morgan fingerprint density at radius 1 is 1.04 bits per heavy atom. The van der Waals surface area contributed by atoms with Gasteiger partial charge in [0.15, 0.2) is 5.76 Å². The third-order valence-corrected chi connectivity index (χ3v) is 3.73. The first-order valence-electron chi connectivity index (χ1n) is 7.04. The van der Waals surface area contributed by atoms with Crippen molar-refractivity contribution >= 4 is 40.5 Å². The third-order valence-electron chi connectivity index (χ3n) is 3.29. The highest BCUT2D eigenvalue weighted by molar-refractivity contribution is 6.35. The van der Waals surface area contributed by atoms with Crippen LogP contribution >= 0.6 is 23.2 Å². The Hall–Kier alpha value is -2.83. The number of nitro groups is 1. The number of amides is 1. The predicted octanol–water partition coefficient (Wildman–Crippen LogP) is 5.41. The van der Waals surface area contributed by atoms with Crippen LogP contribution < -0.4 is 5.32 Å². The second-order valence-electron chi connectivity index (χ2n) is 5.08. The fourth-order valence-corrected chi connectivity index (χ4v) is 2.73. The quantitative estimate of drug-likeness (QED) is 0.486. The molecule has 2 aromatic carbocycles. The molecular formula is C17H10Cl2N2O4. The van der Waals surface area contributed by atoms with Gasteiger partial charge >= 0.3 is 0 Å². The molecule has 0 radical (unpaired) electrons. The molecule has 0 spiro atoms. The van der Waals surface area contributed by atoms with Crippen molar-refractivity contribution in [3.8, 4) is 11.3 Å². The van der Waals surface area contributed by atoms with Crippen molar-refractivity contribution < 1.29 is 14.1 Å². The van der Waals surface area contributed by atoms with E-state index < -0.39 is 10.8 Å². The maximum absolute atomic E-state index is 12.3. The first kappa shape index (κ1) is 17.0. The van der Waals surface area contributed by atoms with Gasteiger partial charge in [0.1, 0.15) is 5.76 Å². The topological polar surface area (TPSA) is 85.4 Å². The van der Waals surface area contributed by atoms with E-state index in [4.69, 9.17) is 27.6 Å². The molecule has 3 rings (SSSR count). The van der Waals surface area contributed by atoms with Crippen molar-refractivity contribution in [3.63, 3.8) is 0 Å².